The second-order valence-electron chi connectivity index (χ2n) is 7.05. The van der Waals surface area contributed by atoms with Crippen LogP contribution >= 0.6 is 11.8 Å². The molecule has 4 aromatic rings. The number of benzene rings is 3. The average molecular weight is 417 g/mol. The van der Waals surface area contributed by atoms with Crippen LogP contribution < -0.4 is 10.6 Å². The van der Waals surface area contributed by atoms with Gasteiger partial charge in [0.05, 0.1) is 11.0 Å². The molecule has 0 spiro atoms. The summed E-state index contributed by atoms with van der Waals surface area (Å²) in [5, 5.41) is 5.85. The van der Waals surface area contributed by atoms with Crippen LogP contribution in [-0.4, -0.2) is 28.4 Å². The van der Waals surface area contributed by atoms with E-state index in [4.69, 9.17) is 4.98 Å². The van der Waals surface area contributed by atoms with Crippen LogP contribution in [-0.2, 0) is 6.54 Å². The van der Waals surface area contributed by atoms with Crippen LogP contribution in [0, 0.1) is 6.92 Å². The first-order chi connectivity index (χ1) is 14.6. The Morgan fingerprint density at radius 3 is 2.63 bits per heavy atom. The highest BCUT2D eigenvalue weighted by Gasteiger charge is 2.12. The van der Waals surface area contributed by atoms with Crippen LogP contribution in [0.5, 0.6) is 0 Å². The quantitative estimate of drug-likeness (QED) is 0.405. The lowest BCUT2D eigenvalue weighted by molar-refractivity contribution is 0.251. The molecule has 2 amide bonds. The number of aryl methyl sites for hydroxylation is 1. The minimum Gasteiger partial charge on any atom is -0.336 e. The standard InChI is InChI=1S/C24H24N4OS/c1-17-10-12-18(13-11-17)23-27-21-8-3-4-9-22(21)28(23)15-14-25-24(29)26-19-6-5-7-20(16-19)30-2/h3-13,16H,14-15H2,1-2H3,(H2,25,26,29). The van der Waals surface area contributed by atoms with E-state index in [2.05, 4.69) is 52.5 Å². The number of fused-ring (bicyclic) bond motifs is 1. The molecule has 6 heteroatoms. The van der Waals surface area contributed by atoms with Crippen LogP contribution in [0.4, 0.5) is 10.5 Å². The number of aromatic nitrogens is 2. The molecule has 2 N–H and O–H groups in total. The fourth-order valence-electron chi connectivity index (χ4n) is 3.38. The van der Waals surface area contributed by atoms with Gasteiger partial charge in [0.2, 0.25) is 0 Å². The Morgan fingerprint density at radius 2 is 1.83 bits per heavy atom. The highest BCUT2D eigenvalue weighted by molar-refractivity contribution is 7.98. The number of nitrogens with one attached hydrogen (secondary N) is 2. The highest BCUT2D eigenvalue weighted by atomic mass is 32.2. The molecule has 0 aliphatic rings. The van der Waals surface area contributed by atoms with E-state index >= 15 is 0 Å². The number of amides is 2. The topological polar surface area (TPSA) is 59.0 Å². The Balaban J connectivity index is 1.48. The first-order valence-corrected chi connectivity index (χ1v) is 11.1. The molecule has 3 aromatic carbocycles. The summed E-state index contributed by atoms with van der Waals surface area (Å²) in [5.41, 5.74) is 5.07. The first kappa shape index (κ1) is 20.0. The van der Waals surface area contributed by atoms with Gasteiger partial charge in [0, 0.05) is 29.2 Å². The lowest BCUT2D eigenvalue weighted by atomic mass is 10.1. The Hall–Kier alpha value is -3.25. The number of hydrogen-bond acceptors (Lipinski definition) is 3. The summed E-state index contributed by atoms with van der Waals surface area (Å²) < 4.78 is 2.16. The molecule has 0 saturated heterocycles. The van der Waals surface area contributed by atoms with E-state index in [1.165, 1.54) is 5.56 Å². The monoisotopic (exact) mass is 416 g/mol. The predicted molar refractivity (Wildman–Crippen MR) is 125 cm³/mol. The minimum absolute atomic E-state index is 0.213. The second kappa shape index (κ2) is 9.05. The second-order valence-corrected chi connectivity index (χ2v) is 7.93. The fraction of sp³-hybridized carbons (Fsp3) is 0.167. The molecule has 4 rings (SSSR count). The fourth-order valence-corrected chi connectivity index (χ4v) is 3.84. The van der Waals surface area contributed by atoms with Gasteiger partial charge in [0.1, 0.15) is 5.82 Å². The Bertz CT molecular complexity index is 1170. The summed E-state index contributed by atoms with van der Waals surface area (Å²) in [6.07, 6.45) is 2.01. The molecule has 5 nitrogen and oxygen atoms in total. The third kappa shape index (κ3) is 4.49. The number of hydrogen-bond donors (Lipinski definition) is 2. The molecule has 1 aromatic heterocycles. The van der Waals surface area contributed by atoms with Gasteiger partial charge >= 0.3 is 6.03 Å². The molecule has 0 aliphatic carbocycles. The van der Waals surface area contributed by atoms with Crippen molar-refractivity contribution in [3.8, 4) is 11.4 Å². The smallest absolute Gasteiger partial charge is 0.319 e. The van der Waals surface area contributed by atoms with Crippen molar-refractivity contribution >= 4 is 34.5 Å². The zero-order valence-electron chi connectivity index (χ0n) is 17.1. The van der Waals surface area contributed by atoms with Gasteiger partial charge in [0.25, 0.3) is 0 Å². The summed E-state index contributed by atoms with van der Waals surface area (Å²) in [5.74, 6) is 0.908. The van der Waals surface area contributed by atoms with Gasteiger partial charge in [0.15, 0.2) is 0 Å². The van der Waals surface area contributed by atoms with Crippen molar-refractivity contribution < 1.29 is 4.79 Å². The van der Waals surface area contributed by atoms with E-state index in [0.29, 0.717) is 13.1 Å². The number of urea groups is 1. The number of carbonyl (C=O) groups excluding carboxylic acids is 1. The molecule has 0 radical (unpaired) electrons. The van der Waals surface area contributed by atoms with Crippen molar-refractivity contribution in [2.24, 2.45) is 0 Å². The molecule has 0 unspecified atom stereocenters. The number of carbonyl (C=O) groups is 1. The molecule has 30 heavy (non-hydrogen) atoms. The first-order valence-electron chi connectivity index (χ1n) is 9.85. The van der Waals surface area contributed by atoms with E-state index in [9.17, 15) is 4.79 Å². The molecule has 0 aliphatic heterocycles. The van der Waals surface area contributed by atoms with E-state index in [-0.39, 0.29) is 6.03 Å². The van der Waals surface area contributed by atoms with Gasteiger partial charge in [-0.2, -0.15) is 0 Å². The number of para-hydroxylation sites is 2. The normalized spacial score (nSPS) is 10.9. The summed E-state index contributed by atoms with van der Waals surface area (Å²) in [6.45, 7) is 3.19. The van der Waals surface area contributed by atoms with Crippen molar-refractivity contribution in [2.45, 2.75) is 18.4 Å². The Kier molecular flexibility index (Phi) is 6.05. The maximum atomic E-state index is 12.3. The predicted octanol–water partition coefficient (Wildman–Crippen LogP) is 5.56. The van der Waals surface area contributed by atoms with Crippen LogP contribution in [0.15, 0.2) is 77.7 Å². The van der Waals surface area contributed by atoms with Crippen LogP contribution in [0.3, 0.4) is 0 Å². The largest absolute Gasteiger partial charge is 0.336 e. The van der Waals surface area contributed by atoms with Crippen LogP contribution in [0.1, 0.15) is 5.56 Å². The van der Waals surface area contributed by atoms with Crippen molar-refractivity contribution in [3.05, 3.63) is 78.4 Å². The summed E-state index contributed by atoms with van der Waals surface area (Å²) in [4.78, 5) is 18.3. The lowest BCUT2D eigenvalue weighted by Crippen LogP contribution is -2.31. The van der Waals surface area contributed by atoms with Gasteiger partial charge in [-0.1, -0.05) is 48.0 Å². The minimum atomic E-state index is -0.213. The number of imidazole rings is 1. The molecule has 152 valence electrons. The molecular weight excluding hydrogens is 392 g/mol. The maximum absolute atomic E-state index is 12.3. The maximum Gasteiger partial charge on any atom is 0.319 e. The molecule has 0 saturated carbocycles. The zero-order chi connectivity index (χ0) is 20.9. The van der Waals surface area contributed by atoms with Crippen molar-refractivity contribution in [1.29, 1.82) is 0 Å². The Morgan fingerprint density at radius 1 is 1.03 bits per heavy atom. The van der Waals surface area contributed by atoms with Gasteiger partial charge in [-0.25, -0.2) is 9.78 Å². The molecule has 1 heterocycles. The van der Waals surface area contributed by atoms with Crippen LogP contribution in [0.2, 0.25) is 0 Å². The molecule has 0 atom stereocenters. The van der Waals surface area contributed by atoms with E-state index in [0.717, 1.165) is 33.0 Å². The van der Waals surface area contributed by atoms with Gasteiger partial charge in [-0.15, -0.1) is 11.8 Å². The SMILES string of the molecule is CSc1cccc(NC(=O)NCCn2c(-c3ccc(C)cc3)nc3ccccc32)c1. The van der Waals surface area contributed by atoms with E-state index < -0.39 is 0 Å². The highest BCUT2D eigenvalue weighted by Crippen LogP contribution is 2.25. The van der Waals surface area contributed by atoms with Crippen molar-refractivity contribution in [3.63, 3.8) is 0 Å². The van der Waals surface area contributed by atoms with Gasteiger partial charge < -0.3 is 15.2 Å². The molecule has 0 bridgehead atoms. The third-order valence-electron chi connectivity index (χ3n) is 4.91. The number of nitrogens with zero attached hydrogens (tertiary/aromatic N) is 2. The number of rotatable bonds is 6. The molecule has 0 fully saturated rings. The zero-order valence-corrected chi connectivity index (χ0v) is 17.9. The average Bonchev–Trinajstić information content (AvgIpc) is 3.13. The van der Waals surface area contributed by atoms with Gasteiger partial charge in [-0.3, -0.25) is 0 Å². The third-order valence-corrected chi connectivity index (χ3v) is 5.64. The Labute approximate surface area is 180 Å². The van der Waals surface area contributed by atoms with E-state index in [1.54, 1.807) is 11.8 Å². The number of anilines is 1. The summed E-state index contributed by atoms with van der Waals surface area (Å²) in [6, 6.07) is 24.0. The van der Waals surface area contributed by atoms with E-state index in [1.807, 2.05) is 48.7 Å². The lowest BCUT2D eigenvalue weighted by Gasteiger charge is -2.12. The summed E-state index contributed by atoms with van der Waals surface area (Å²) >= 11 is 1.65. The van der Waals surface area contributed by atoms with Crippen molar-refractivity contribution in [1.82, 2.24) is 14.9 Å². The van der Waals surface area contributed by atoms with Gasteiger partial charge in [-0.05, 0) is 43.5 Å². The summed E-state index contributed by atoms with van der Waals surface area (Å²) in [7, 11) is 0. The van der Waals surface area contributed by atoms with Crippen molar-refractivity contribution in [2.75, 3.05) is 18.1 Å². The molecular formula is C24H24N4OS. The van der Waals surface area contributed by atoms with Crippen LogP contribution in [0.25, 0.3) is 22.4 Å². The number of thioether (sulfide) groups is 1.